The Labute approximate surface area is 175 Å². The molecule has 0 bridgehead atoms. The van der Waals surface area contributed by atoms with Crippen LogP contribution in [0, 0.1) is 0 Å². The van der Waals surface area contributed by atoms with Gasteiger partial charge in [0.15, 0.2) is 5.54 Å². The molecule has 1 atom stereocenters. The third-order valence-corrected chi connectivity index (χ3v) is 4.98. The van der Waals surface area contributed by atoms with Crippen molar-refractivity contribution < 1.29 is 19.1 Å². The average Bonchev–Trinajstić information content (AvgIpc) is 2.78. The third-order valence-electron chi connectivity index (χ3n) is 4.98. The van der Waals surface area contributed by atoms with E-state index in [2.05, 4.69) is 20.4 Å². The van der Waals surface area contributed by atoms with Crippen molar-refractivity contribution in [1.82, 2.24) is 15.6 Å². The lowest BCUT2D eigenvalue weighted by Gasteiger charge is -2.36. The number of esters is 1. The molecule has 7 nitrogen and oxygen atoms in total. The lowest BCUT2D eigenvalue weighted by Crippen LogP contribution is -2.57. The van der Waals surface area contributed by atoms with Gasteiger partial charge in [0.1, 0.15) is 18.9 Å². The fourth-order valence-corrected chi connectivity index (χ4v) is 3.26. The molecule has 1 aliphatic rings. The summed E-state index contributed by atoms with van der Waals surface area (Å²) in [5, 5.41) is 5.78. The zero-order valence-electron chi connectivity index (χ0n) is 17.3. The van der Waals surface area contributed by atoms with E-state index in [1.54, 1.807) is 25.5 Å². The highest BCUT2D eigenvalue weighted by molar-refractivity contribution is 5.94. The zero-order valence-corrected chi connectivity index (χ0v) is 17.3. The molecule has 2 aromatic rings. The number of hydrogen-bond acceptors (Lipinski definition) is 6. The molecule has 0 aliphatic carbocycles. The van der Waals surface area contributed by atoms with Gasteiger partial charge in [-0.3, -0.25) is 14.6 Å². The maximum Gasteiger partial charge on any atom is 0.325 e. The van der Waals surface area contributed by atoms with Crippen molar-refractivity contribution in [3.8, 4) is 0 Å². The second-order valence-electron chi connectivity index (χ2n) is 7.06. The number of aromatic nitrogens is 1. The van der Waals surface area contributed by atoms with Crippen LogP contribution in [0.4, 0.5) is 0 Å². The lowest BCUT2D eigenvalue weighted by atomic mass is 9.87. The smallest absolute Gasteiger partial charge is 0.325 e. The summed E-state index contributed by atoms with van der Waals surface area (Å²) in [5.74, 6) is -0.436. The van der Waals surface area contributed by atoms with E-state index in [9.17, 15) is 9.59 Å². The van der Waals surface area contributed by atoms with Gasteiger partial charge in [-0.05, 0) is 31.1 Å². The molecule has 0 radical (unpaired) electrons. The Balaban J connectivity index is 1.92. The molecule has 1 aromatic heterocycles. The van der Waals surface area contributed by atoms with E-state index < -0.39 is 17.4 Å². The van der Waals surface area contributed by atoms with Crippen LogP contribution in [0.3, 0.4) is 0 Å². The Morgan fingerprint density at radius 2 is 1.93 bits per heavy atom. The summed E-state index contributed by atoms with van der Waals surface area (Å²) in [5.41, 5.74) is 2.38. The van der Waals surface area contributed by atoms with Crippen molar-refractivity contribution in [3.05, 3.63) is 83.5 Å². The van der Waals surface area contributed by atoms with Crippen molar-refractivity contribution in [3.63, 3.8) is 0 Å². The molecule has 3 rings (SSSR count). The largest absolute Gasteiger partial charge is 0.490 e. The summed E-state index contributed by atoms with van der Waals surface area (Å²) < 4.78 is 10.8. The average molecular weight is 407 g/mol. The van der Waals surface area contributed by atoms with Crippen LogP contribution in [0.1, 0.15) is 25.0 Å². The molecule has 1 amide bonds. The van der Waals surface area contributed by atoms with Gasteiger partial charge in [-0.15, -0.1) is 0 Å². The van der Waals surface area contributed by atoms with Gasteiger partial charge in [0, 0.05) is 29.7 Å². The molecule has 1 unspecified atom stereocenters. The molecule has 0 saturated heterocycles. The molecular formula is C23H25N3O4. The second kappa shape index (κ2) is 9.26. The van der Waals surface area contributed by atoms with E-state index in [4.69, 9.17) is 4.74 Å². The number of nitrogens with zero attached hydrogens (tertiary/aromatic N) is 1. The minimum Gasteiger partial charge on any atom is -0.490 e. The van der Waals surface area contributed by atoms with Gasteiger partial charge in [-0.25, -0.2) is 0 Å². The van der Waals surface area contributed by atoms with Crippen LogP contribution in [0.25, 0.3) is 5.57 Å². The molecular weight excluding hydrogens is 382 g/mol. The number of ether oxygens (including phenoxy) is 2. The van der Waals surface area contributed by atoms with E-state index in [1.165, 1.54) is 7.11 Å². The van der Waals surface area contributed by atoms with Crippen molar-refractivity contribution in [2.24, 2.45) is 0 Å². The number of amides is 1. The number of hydrogen-bond donors (Lipinski definition) is 2. The quantitative estimate of drug-likeness (QED) is 0.686. The van der Waals surface area contributed by atoms with E-state index in [0.717, 1.165) is 22.3 Å². The molecule has 1 aliphatic heterocycles. The molecule has 0 spiro atoms. The van der Waals surface area contributed by atoms with Gasteiger partial charge in [0.05, 0.1) is 7.11 Å². The van der Waals surface area contributed by atoms with Crippen molar-refractivity contribution >= 4 is 17.4 Å². The zero-order chi connectivity index (χ0) is 21.6. The standard InChI is InChI=1S/C23H25N3O4/c1-16-19(18-10-7-11-24-12-18)13-26-23(2,22(28)25-14-20(27)29-3)21(16)30-15-17-8-5-4-6-9-17/h4-13,26H,14-15H2,1-3H3,(H,25,28). The number of benzene rings is 1. The maximum absolute atomic E-state index is 13.0. The predicted molar refractivity (Wildman–Crippen MR) is 113 cm³/mol. The molecule has 0 saturated carbocycles. The van der Waals surface area contributed by atoms with Crippen LogP contribution in [-0.2, 0) is 25.7 Å². The van der Waals surface area contributed by atoms with Crippen molar-refractivity contribution in [1.29, 1.82) is 0 Å². The van der Waals surface area contributed by atoms with Gasteiger partial charge in [-0.2, -0.15) is 0 Å². The van der Waals surface area contributed by atoms with Gasteiger partial charge < -0.3 is 20.1 Å². The van der Waals surface area contributed by atoms with Gasteiger partial charge in [0.2, 0.25) is 0 Å². The minimum atomic E-state index is -1.20. The molecule has 1 aromatic carbocycles. The summed E-state index contributed by atoms with van der Waals surface area (Å²) in [6.45, 7) is 3.71. The fraction of sp³-hybridized carbons (Fsp3) is 0.261. The van der Waals surface area contributed by atoms with Crippen molar-refractivity contribution in [2.75, 3.05) is 13.7 Å². The van der Waals surface area contributed by atoms with E-state index in [1.807, 2.05) is 49.4 Å². The molecule has 2 heterocycles. The van der Waals surface area contributed by atoms with Crippen LogP contribution < -0.4 is 10.6 Å². The van der Waals surface area contributed by atoms with Crippen LogP contribution in [-0.4, -0.2) is 36.1 Å². The van der Waals surface area contributed by atoms with Crippen LogP contribution >= 0.6 is 0 Å². The molecule has 0 fully saturated rings. The first-order chi connectivity index (χ1) is 14.5. The van der Waals surface area contributed by atoms with Gasteiger partial charge in [-0.1, -0.05) is 36.4 Å². The van der Waals surface area contributed by atoms with Crippen LogP contribution in [0.15, 0.2) is 72.4 Å². The highest BCUT2D eigenvalue weighted by atomic mass is 16.5. The summed E-state index contributed by atoms with van der Waals surface area (Å²) in [6, 6.07) is 13.5. The Morgan fingerprint density at radius 3 is 2.60 bits per heavy atom. The number of methoxy groups -OCH3 is 1. The van der Waals surface area contributed by atoms with Crippen LogP contribution in [0.2, 0.25) is 0 Å². The summed E-state index contributed by atoms with van der Waals surface area (Å²) >= 11 is 0. The molecule has 7 heteroatoms. The second-order valence-corrected chi connectivity index (χ2v) is 7.06. The first-order valence-electron chi connectivity index (χ1n) is 9.57. The number of rotatable bonds is 7. The SMILES string of the molecule is COC(=O)CNC(=O)C1(C)NC=C(c2cccnc2)C(C)=C1OCc1ccccc1. The number of nitrogens with one attached hydrogen (secondary N) is 2. The fourth-order valence-electron chi connectivity index (χ4n) is 3.26. The number of pyridine rings is 1. The summed E-state index contributed by atoms with van der Waals surface area (Å²) in [4.78, 5) is 28.7. The molecule has 2 N–H and O–H groups in total. The van der Waals surface area contributed by atoms with Gasteiger partial charge >= 0.3 is 5.97 Å². The summed E-state index contributed by atoms with van der Waals surface area (Å²) in [7, 11) is 1.27. The van der Waals surface area contributed by atoms with E-state index in [0.29, 0.717) is 12.4 Å². The number of allylic oxidation sites excluding steroid dienone is 2. The lowest BCUT2D eigenvalue weighted by molar-refractivity contribution is -0.141. The van der Waals surface area contributed by atoms with Gasteiger partial charge in [0.25, 0.3) is 5.91 Å². The Bertz CT molecular complexity index is 970. The third kappa shape index (κ3) is 4.51. The normalized spacial score (nSPS) is 18.2. The Kier molecular flexibility index (Phi) is 6.51. The Morgan fingerprint density at radius 1 is 1.17 bits per heavy atom. The highest BCUT2D eigenvalue weighted by Gasteiger charge is 2.42. The minimum absolute atomic E-state index is 0.225. The first-order valence-corrected chi connectivity index (χ1v) is 9.57. The van der Waals surface area contributed by atoms with E-state index >= 15 is 0 Å². The Hall–Kier alpha value is -3.61. The number of carbonyl (C=O) groups excluding carboxylic acids is 2. The maximum atomic E-state index is 13.0. The monoisotopic (exact) mass is 407 g/mol. The highest BCUT2D eigenvalue weighted by Crippen LogP contribution is 2.35. The summed E-state index contributed by atoms with van der Waals surface area (Å²) in [6.07, 6.45) is 5.24. The number of carbonyl (C=O) groups is 2. The molecule has 156 valence electrons. The van der Waals surface area contributed by atoms with Crippen molar-refractivity contribution in [2.45, 2.75) is 26.0 Å². The van der Waals surface area contributed by atoms with E-state index in [-0.39, 0.29) is 6.54 Å². The van der Waals surface area contributed by atoms with Crippen LogP contribution in [0.5, 0.6) is 0 Å². The topological polar surface area (TPSA) is 89.5 Å². The molecule has 30 heavy (non-hydrogen) atoms. The number of dihydropyridines is 1. The predicted octanol–water partition coefficient (Wildman–Crippen LogP) is 2.56. The first kappa shape index (κ1) is 21.1.